The topological polar surface area (TPSA) is 38.3 Å². The number of amides is 1. The molecule has 0 atom stereocenters. The van der Waals surface area contributed by atoms with Crippen LogP contribution in [0.15, 0.2) is 24.3 Å². The highest BCUT2D eigenvalue weighted by atomic mass is 16.5. The Kier molecular flexibility index (Phi) is 4.94. The third-order valence-corrected chi connectivity index (χ3v) is 2.04. The molecule has 1 aromatic rings. The van der Waals surface area contributed by atoms with Crippen molar-refractivity contribution in [3.05, 3.63) is 29.8 Å². The van der Waals surface area contributed by atoms with E-state index in [1.165, 1.54) is 0 Å². The van der Waals surface area contributed by atoms with Gasteiger partial charge in [-0.15, -0.1) is 11.8 Å². The van der Waals surface area contributed by atoms with Crippen molar-refractivity contribution >= 4 is 5.91 Å². The molecule has 0 saturated carbocycles. The molecular formula is C13H15NO2. The molecule has 0 unspecified atom stereocenters. The van der Waals surface area contributed by atoms with Gasteiger partial charge in [0.2, 0.25) is 0 Å². The molecule has 3 nitrogen and oxygen atoms in total. The van der Waals surface area contributed by atoms with Crippen LogP contribution in [0, 0.1) is 11.8 Å². The third kappa shape index (κ3) is 3.66. The summed E-state index contributed by atoms with van der Waals surface area (Å²) >= 11 is 0. The van der Waals surface area contributed by atoms with Gasteiger partial charge < -0.3 is 10.1 Å². The predicted molar refractivity (Wildman–Crippen MR) is 63.4 cm³/mol. The van der Waals surface area contributed by atoms with Crippen LogP contribution in [0.3, 0.4) is 0 Å². The van der Waals surface area contributed by atoms with E-state index in [2.05, 4.69) is 17.2 Å². The number of methoxy groups -OCH3 is 1. The van der Waals surface area contributed by atoms with Crippen molar-refractivity contribution in [2.24, 2.45) is 0 Å². The van der Waals surface area contributed by atoms with Crippen LogP contribution in [0.5, 0.6) is 5.75 Å². The molecule has 0 aromatic heterocycles. The maximum atomic E-state index is 11.7. The average molecular weight is 217 g/mol. The SMILES string of the molecule is CC#CCCNC(=O)c1cccc(OC)c1. The van der Waals surface area contributed by atoms with Crippen molar-refractivity contribution in [2.45, 2.75) is 13.3 Å². The van der Waals surface area contributed by atoms with Crippen molar-refractivity contribution in [3.63, 3.8) is 0 Å². The first kappa shape index (κ1) is 12.1. The van der Waals surface area contributed by atoms with Crippen molar-refractivity contribution in [3.8, 4) is 17.6 Å². The lowest BCUT2D eigenvalue weighted by Gasteiger charge is -2.04. The number of ether oxygens (including phenoxy) is 1. The zero-order chi connectivity index (χ0) is 11.8. The summed E-state index contributed by atoms with van der Waals surface area (Å²) in [5, 5.41) is 2.79. The minimum absolute atomic E-state index is 0.100. The molecule has 0 aliphatic rings. The Balaban J connectivity index is 2.54. The summed E-state index contributed by atoms with van der Waals surface area (Å²) in [6.07, 6.45) is 0.673. The Hall–Kier alpha value is -1.95. The second kappa shape index (κ2) is 6.52. The summed E-state index contributed by atoms with van der Waals surface area (Å²) in [5.41, 5.74) is 0.601. The van der Waals surface area contributed by atoms with Gasteiger partial charge in [-0.3, -0.25) is 4.79 Å². The molecule has 0 saturated heterocycles. The molecule has 0 radical (unpaired) electrons. The molecule has 16 heavy (non-hydrogen) atoms. The maximum Gasteiger partial charge on any atom is 0.251 e. The highest BCUT2D eigenvalue weighted by Crippen LogP contribution is 2.12. The van der Waals surface area contributed by atoms with Gasteiger partial charge in [-0.2, -0.15) is 0 Å². The number of rotatable bonds is 4. The van der Waals surface area contributed by atoms with E-state index in [0.717, 1.165) is 0 Å². The van der Waals surface area contributed by atoms with E-state index in [0.29, 0.717) is 24.3 Å². The standard InChI is InChI=1S/C13H15NO2/c1-3-4-5-9-14-13(15)11-7-6-8-12(10-11)16-2/h6-8,10H,5,9H2,1-2H3,(H,14,15). The predicted octanol–water partition coefficient (Wildman–Crippen LogP) is 1.84. The molecule has 3 heteroatoms. The Morgan fingerprint density at radius 1 is 1.50 bits per heavy atom. The number of nitrogens with one attached hydrogen (secondary N) is 1. The minimum atomic E-state index is -0.100. The van der Waals surface area contributed by atoms with E-state index >= 15 is 0 Å². The van der Waals surface area contributed by atoms with Gasteiger partial charge in [0.1, 0.15) is 5.75 Å². The van der Waals surface area contributed by atoms with Crippen LogP contribution in [-0.2, 0) is 0 Å². The van der Waals surface area contributed by atoms with Gasteiger partial charge in [-0.05, 0) is 25.1 Å². The monoisotopic (exact) mass is 217 g/mol. The van der Waals surface area contributed by atoms with Gasteiger partial charge in [0, 0.05) is 18.5 Å². The van der Waals surface area contributed by atoms with Crippen molar-refractivity contribution in [1.29, 1.82) is 0 Å². The normalized spacial score (nSPS) is 8.88. The lowest BCUT2D eigenvalue weighted by atomic mass is 10.2. The van der Waals surface area contributed by atoms with Crippen molar-refractivity contribution in [1.82, 2.24) is 5.32 Å². The molecule has 1 amide bonds. The van der Waals surface area contributed by atoms with Crippen LogP contribution >= 0.6 is 0 Å². The van der Waals surface area contributed by atoms with Gasteiger partial charge in [-0.25, -0.2) is 0 Å². The maximum absolute atomic E-state index is 11.7. The number of hydrogen-bond donors (Lipinski definition) is 1. The summed E-state index contributed by atoms with van der Waals surface area (Å²) in [4.78, 5) is 11.7. The zero-order valence-electron chi connectivity index (χ0n) is 9.54. The van der Waals surface area contributed by atoms with Crippen LogP contribution in [-0.4, -0.2) is 19.6 Å². The summed E-state index contributed by atoms with van der Waals surface area (Å²) in [5.74, 6) is 6.25. The van der Waals surface area contributed by atoms with Crippen LogP contribution in [0.4, 0.5) is 0 Å². The first-order valence-electron chi connectivity index (χ1n) is 5.09. The van der Waals surface area contributed by atoms with Crippen molar-refractivity contribution < 1.29 is 9.53 Å². The van der Waals surface area contributed by atoms with Gasteiger partial charge in [-0.1, -0.05) is 6.07 Å². The summed E-state index contributed by atoms with van der Waals surface area (Å²) < 4.78 is 5.05. The highest BCUT2D eigenvalue weighted by Gasteiger charge is 2.04. The molecule has 0 spiro atoms. The van der Waals surface area contributed by atoms with E-state index in [-0.39, 0.29) is 5.91 Å². The molecule has 1 rings (SSSR count). The summed E-state index contributed by atoms with van der Waals surface area (Å²) in [6.45, 7) is 2.35. The smallest absolute Gasteiger partial charge is 0.251 e. The number of carbonyl (C=O) groups excluding carboxylic acids is 1. The van der Waals surface area contributed by atoms with Gasteiger partial charge in [0.05, 0.1) is 7.11 Å². The fourth-order valence-corrected chi connectivity index (χ4v) is 1.23. The Bertz CT molecular complexity index is 415. The highest BCUT2D eigenvalue weighted by molar-refractivity contribution is 5.94. The fourth-order valence-electron chi connectivity index (χ4n) is 1.23. The van der Waals surface area contributed by atoms with E-state index in [1.54, 1.807) is 38.3 Å². The molecule has 1 aromatic carbocycles. The largest absolute Gasteiger partial charge is 0.497 e. The van der Waals surface area contributed by atoms with Crippen molar-refractivity contribution in [2.75, 3.05) is 13.7 Å². The molecular weight excluding hydrogens is 202 g/mol. The quantitative estimate of drug-likeness (QED) is 0.617. The van der Waals surface area contributed by atoms with E-state index in [4.69, 9.17) is 4.74 Å². The lowest BCUT2D eigenvalue weighted by Crippen LogP contribution is -2.24. The third-order valence-electron chi connectivity index (χ3n) is 2.04. The van der Waals surface area contributed by atoms with Crippen LogP contribution in [0.2, 0.25) is 0 Å². The second-order valence-electron chi connectivity index (χ2n) is 3.16. The molecule has 0 bridgehead atoms. The number of benzene rings is 1. The Labute approximate surface area is 95.8 Å². The second-order valence-corrected chi connectivity index (χ2v) is 3.16. The minimum Gasteiger partial charge on any atom is -0.497 e. The fraction of sp³-hybridized carbons (Fsp3) is 0.308. The molecule has 84 valence electrons. The molecule has 0 fully saturated rings. The molecule has 0 aliphatic heterocycles. The molecule has 1 N–H and O–H groups in total. The summed E-state index contributed by atoms with van der Waals surface area (Å²) in [6, 6.07) is 7.06. The Morgan fingerprint density at radius 2 is 2.31 bits per heavy atom. The van der Waals surface area contributed by atoms with Gasteiger partial charge >= 0.3 is 0 Å². The number of hydrogen-bond acceptors (Lipinski definition) is 2. The van der Waals surface area contributed by atoms with Crippen LogP contribution in [0.1, 0.15) is 23.7 Å². The van der Waals surface area contributed by atoms with E-state index in [1.807, 2.05) is 0 Å². The zero-order valence-corrected chi connectivity index (χ0v) is 9.54. The molecule has 0 heterocycles. The van der Waals surface area contributed by atoms with Gasteiger partial charge in [0.15, 0.2) is 0 Å². The first-order chi connectivity index (χ1) is 7.77. The summed E-state index contributed by atoms with van der Waals surface area (Å²) in [7, 11) is 1.58. The van der Waals surface area contributed by atoms with Crippen LogP contribution in [0.25, 0.3) is 0 Å². The van der Waals surface area contributed by atoms with E-state index < -0.39 is 0 Å². The lowest BCUT2D eigenvalue weighted by molar-refractivity contribution is 0.0954. The first-order valence-corrected chi connectivity index (χ1v) is 5.09. The van der Waals surface area contributed by atoms with Crippen LogP contribution < -0.4 is 10.1 Å². The van der Waals surface area contributed by atoms with E-state index in [9.17, 15) is 4.79 Å². The Morgan fingerprint density at radius 3 is 3.00 bits per heavy atom. The average Bonchev–Trinajstić information content (AvgIpc) is 2.34. The number of carbonyl (C=O) groups is 1. The van der Waals surface area contributed by atoms with Gasteiger partial charge in [0.25, 0.3) is 5.91 Å². The molecule has 0 aliphatic carbocycles.